The van der Waals surface area contributed by atoms with Gasteiger partial charge < -0.3 is 5.32 Å². The Bertz CT molecular complexity index is 360. The summed E-state index contributed by atoms with van der Waals surface area (Å²) in [5.41, 5.74) is 0.472. The summed E-state index contributed by atoms with van der Waals surface area (Å²) in [6.45, 7) is 2.20. The number of hydrogen-bond donors (Lipinski definition) is 1. The molecule has 0 spiro atoms. The standard InChI is InChI=1S/C14H19ClFN/c1-2-10-6-3-4-9-13(10)17-14-11(15)7-5-8-12(14)16/h5,7-8,10,13,17H,2-4,6,9H2,1H3. The van der Waals surface area contributed by atoms with Gasteiger partial charge in [0.2, 0.25) is 0 Å². The topological polar surface area (TPSA) is 12.0 Å². The van der Waals surface area contributed by atoms with Gasteiger partial charge in [-0.05, 0) is 30.9 Å². The number of hydrogen-bond acceptors (Lipinski definition) is 1. The Labute approximate surface area is 107 Å². The molecule has 1 aliphatic rings. The molecule has 1 aromatic carbocycles. The third kappa shape index (κ3) is 2.92. The van der Waals surface area contributed by atoms with Crippen molar-refractivity contribution in [1.82, 2.24) is 0 Å². The van der Waals surface area contributed by atoms with Crippen LogP contribution in [0.2, 0.25) is 5.02 Å². The van der Waals surface area contributed by atoms with Crippen LogP contribution in [0.4, 0.5) is 10.1 Å². The fourth-order valence-corrected chi connectivity index (χ4v) is 2.92. The lowest BCUT2D eigenvalue weighted by Crippen LogP contribution is -2.32. The van der Waals surface area contributed by atoms with E-state index in [1.165, 1.54) is 25.3 Å². The zero-order valence-corrected chi connectivity index (χ0v) is 10.9. The van der Waals surface area contributed by atoms with Crippen molar-refractivity contribution >= 4 is 17.3 Å². The predicted molar refractivity (Wildman–Crippen MR) is 71.1 cm³/mol. The molecule has 0 saturated heterocycles. The molecule has 0 heterocycles. The Morgan fingerprint density at radius 2 is 2.12 bits per heavy atom. The average molecular weight is 256 g/mol. The van der Waals surface area contributed by atoms with Crippen LogP contribution in [0.15, 0.2) is 18.2 Å². The Morgan fingerprint density at radius 3 is 2.82 bits per heavy atom. The highest BCUT2D eigenvalue weighted by atomic mass is 35.5. The van der Waals surface area contributed by atoms with Crippen LogP contribution in [0.3, 0.4) is 0 Å². The Balaban J connectivity index is 2.13. The van der Waals surface area contributed by atoms with E-state index < -0.39 is 0 Å². The van der Waals surface area contributed by atoms with Gasteiger partial charge in [0, 0.05) is 6.04 Å². The molecule has 0 radical (unpaired) electrons. The van der Waals surface area contributed by atoms with Crippen LogP contribution in [0.1, 0.15) is 39.0 Å². The van der Waals surface area contributed by atoms with Crippen LogP contribution >= 0.6 is 11.6 Å². The highest BCUT2D eigenvalue weighted by molar-refractivity contribution is 6.33. The molecule has 1 nitrogen and oxygen atoms in total. The van der Waals surface area contributed by atoms with Crippen molar-refractivity contribution in [1.29, 1.82) is 0 Å². The zero-order valence-electron chi connectivity index (χ0n) is 10.2. The van der Waals surface area contributed by atoms with E-state index >= 15 is 0 Å². The fourth-order valence-electron chi connectivity index (χ4n) is 2.71. The quantitative estimate of drug-likeness (QED) is 0.813. The second-order valence-corrected chi connectivity index (χ2v) is 5.21. The molecule has 0 aliphatic heterocycles. The number of para-hydroxylation sites is 1. The third-order valence-corrected chi connectivity index (χ3v) is 4.04. The average Bonchev–Trinajstić information content (AvgIpc) is 2.34. The number of benzene rings is 1. The second-order valence-electron chi connectivity index (χ2n) is 4.80. The van der Waals surface area contributed by atoms with Crippen molar-refractivity contribution in [2.24, 2.45) is 5.92 Å². The van der Waals surface area contributed by atoms with Crippen LogP contribution < -0.4 is 5.32 Å². The van der Waals surface area contributed by atoms with Crippen molar-refractivity contribution in [2.45, 2.75) is 45.1 Å². The third-order valence-electron chi connectivity index (χ3n) is 3.73. The van der Waals surface area contributed by atoms with E-state index in [0.717, 1.165) is 12.8 Å². The zero-order chi connectivity index (χ0) is 12.3. The van der Waals surface area contributed by atoms with Gasteiger partial charge in [0.25, 0.3) is 0 Å². The molecular weight excluding hydrogens is 237 g/mol. The summed E-state index contributed by atoms with van der Waals surface area (Å²) >= 11 is 6.04. The van der Waals surface area contributed by atoms with E-state index in [-0.39, 0.29) is 5.82 Å². The molecule has 0 amide bonds. The molecule has 0 bridgehead atoms. The highest BCUT2D eigenvalue weighted by Crippen LogP contribution is 2.32. The first-order valence-corrected chi connectivity index (χ1v) is 6.80. The van der Waals surface area contributed by atoms with Gasteiger partial charge in [0.1, 0.15) is 5.82 Å². The smallest absolute Gasteiger partial charge is 0.147 e. The van der Waals surface area contributed by atoms with Crippen LogP contribution in [0.25, 0.3) is 0 Å². The molecule has 2 unspecified atom stereocenters. The van der Waals surface area contributed by atoms with Crippen molar-refractivity contribution in [2.75, 3.05) is 5.32 Å². The molecular formula is C14H19ClFN. The van der Waals surface area contributed by atoms with Crippen LogP contribution in [-0.2, 0) is 0 Å². The lowest BCUT2D eigenvalue weighted by Gasteiger charge is -2.32. The first-order chi connectivity index (χ1) is 8.22. The van der Waals surface area contributed by atoms with E-state index in [1.807, 2.05) is 0 Å². The van der Waals surface area contributed by atoms with Gasteiger partial charge in [-0.2, -0.15) is 0 Å². The minimum Gasteiger partial charge on any atom is -0.378 e. The molecule has 2 atom stereocenters. The molecule has 1 aromatic rings. The summed E-state index contributed by atoms with van der Waals surface area (Å²) in [4.78, 5) is 0. The lowest BCUT2D eigenvalue weighted by atomic mass is 9.83. The van der Waals surface area contributed by atoms with Gasteiger partial charge in [0.05, 0.1) is 10.7 Å². The molecule has 1 N–H and O–H groups in total. The molecule has 1 aliphatic carbocycles. The Kier molecular flexibility index (Phi) is 4.27. The number of rotatable bonds is 3. The minimum atomic E-state index is -0.252. The first kappa shape index (κ1) is 12.7. The molecule has 2 rings (SSSR count). The number of anilines is 1. The summed E-state index contributed by atoms with van der Waals surface area (Å²) in [6, 6.07) is 5.19. The van der Waals surface area contributed by atoms with Crippen molar-refractivity contribution in [3.05, 3.63) is 29.0 Å². The van der Waals surface area contributed by atoms with Gasteiger partial charge in [-0.3, -0.25) is 0 Å². The maximum atomic E-state index is 13.7. The van der Waals surface area contributed by atoms with Crippen molar-refractivity contribution in [3.63, 3.8) is 0 Å². The highest BCUT2D eigenvalue weighted by Gasteiger charge is 2.24. The normalized spacial score (nSPS) is 24.6. The van der Waals surface area contributed by atoms with E-state index in [2.05, 4.69) is 12.2 Å². The van der Waals surface area contributed by atoms with Crippen LogP contribution in [0.5, 0.6) is 0 Å². The van der Waals surface area contributed by atoms with Crippen LogP contribution in [-0.4, -0.2) is 6.04 Å². The molecule has 94 valence electrons. The SMILES string of the molecule is CCC1CCCCC1Nc1c(F)cccc1Cl. The van der Waals surface area contributed by atoms with E-state index in [4.69, 9.17) is 11.6 Å². The molecule has 1 fully saturated rings. The van der Waals surface area contributed by atoms with Gasteiger partial charge in [-0.15, -0.1) is 0 Å². The fraction of sp³-hybridized carbons (Fsp3) is 0.571. The summed E-state index contributed by atoms with van der Waals surface area (Å²) < 4.78 is 13.7. The molecule has 3 heteroatoms. The molecule has 17 heavy (non-hydrogen) atoms. The van der Waals surface area contributed by atoms with Gasteiger partial charge in [0.15, 0.2) is 0 Å². The van der Waals surface area contributed by atoms with Gasteiger partial charge in [-0.1, -0.05) is 43.9 Å². The lowest BCUT2D eigenvalue weighted by molar-refractivity contribution is 0.316. The van der Waals surface area contributed by atoms with Gasteiger partial charge >= 0.3 is 0 Å². The van der Waals surface area contributed by atoms with Crippen molar-refractivity contribution < 1.29 is 4.39 Å². The summed E-state index contributed by atoms with van der Waals surface area (Å²) in [6.07, 6.45) is 6.01. The number of halogens is 2. The second kappa shape index (κ2) is 5.72. The molecule has 0 aromatic heterocycles. The van der Waals surface area contributed by atoms with E-state index in [0.29, 0.717) is 22.7 Å². The maximum Gasteiger partial charge on any atom is 0.147 e. The Hall–Kier alpha value is -0.760. The monoisotopic (exact) mass is 255 g/mol. The van der Waals surface area contributed by atoms with E-state index in [1.54, 1.807) is 12.1 Å². The van der Waals surface area contributed by atoms with Crippen molar-refractivity contribution in [3.8, 4) is 0 Å². The largest absolute Gasteiger partial charge is 0.378 e. The van der Waals surface area contributed by atoms with Crippen LogP contribution in [0, 0.1) is 11.7 Å². The number of nitrogens with one attached hydrogen (secondary N) is 1. The van der Waals surface area contributed by atoms with E-state index in [9.17, 15) is 4.39 Å². The maximum absolute atomic E-state index is 13.7. The first-order valence-electron chi connectivity index (χ1n) is 6.43. The summed E-state index contributed by atoms with van der Waals surface area (Å²) in [7, 11) is 0. The van der Waals surface area contributed by atoms with Gasteiger partial charge in [-0.25, -0.2) is 4.39 Å². The summed E-state index contributed by atoms with van der Waals surface area (Å²) in [5, 5.41) is 3.79. The minimum absolute atomic E-state index is 0.252. The molecule has 1 saturated carbocycles. The predicted octanol–water partition coefficient (Wildman–Crippen LogP) is 4.86. The summed E-state index contributed by atoms with van der Waals surface area (Å²) in [5.74, 6) is 0.386. The Morgan fingerprint density at radius 1 is 1.35 bits per heavy atom.